The number of likely N-dealkylation sites (tertiary alicyclic amines) is 1. The lowest BCUT2D eigenvalue weighted by atomic mass is 9.97. The Balaban J connectivity index is 1.39. The number of hydrogen-bond acceptors (Lipinski definition) is 9. The Labute approximate surface area is 209 Å². The van der Waals surface area contributed by atoms with Gasteiger partial charge in [-0.2, -0.15) is 5.10 Å². The van der Waals surface area contributed by atoms with Crippen molar-refractivity contribution in [3.63, 3.8) is 0 Å². The van der Waals surface area contributed by atoms with Crippen molar-refractivity contribution in [2.45, 2.75) is 25.0 Å². The topological polar surface area (TPSA) is 147 Å². The minimum atomic E-state index is -2.57. The minimum absolute atomic E-state index is 0.124. The van der Waals surface area contributed by atoms with Gasteiger partial charge in [-0.05, 0) is 24.3 Å². The molecular formula is C23H23F2N9O3. The molecule has 1 unspecified atom stereocenters. The van der Waals surface area contributed by atoms with Gasteiger partial charge < -0.3 is 20.1 Å². The summed E-state index contributed by atoms with van der Waals surface area (Å²) >= 11 is 0. The number of carbonyl (C=O) groups excluding carboxylic acids is 1. The molecule has 37 heavy (non-hydrogen) atoms. The second kappa shape index (κ2) is 9.54. The standard InChI is InChI=1S/C23H23F2N9O3/c1-33-9-7-23(36,21(33)35)18-10-16(30-31-18)14-5-3-4-13(27-14)15-6-8-26-22(28-15)29-17-11-34(12-19(24)25)32-20(17)37-2/h3-6,8,10-11,19,36H,7,9,12H2,1-2H3,(H,30,31)(H,26,28,29). The third-order valence-corrected chi connectivity index (χ3v) is 5.95. The lowest BCUT2D eigenvalue weighted by Crippen LogP contribution is -2.36. The van der Waals surface area contributed by atoms with E-state index in [2.05, 4.69) is 35.6 Å². The highest BCUT2D eigenvalue weighted by molar-refractivity contribution is 5.88. The van der Waals surface area contributed by atoms with E-state index in [1.54, 1.807) is 37.4 Å². The summed E-state index contributed by atoms with van der Waals surface area (Å²) in [5.41, 5.74) is 0.964. The SMILES string of the molecule is COc1nn(CC(F)F)cc1Nc1nccc(-c2cccc(-c3cc(C4(O)CCN(C)C4=O)n[nH]3)n2)n1. The molecule has 0 radical (unpaired) electrons. The molecule has 192 valence electrons. The Kier molecular flexibility index (Phi) is 6.25. The maximum atomic E-state index is 12.7. The van der Waals surface area contributed by atoms with Gasteiger partial charge >= 0.3 is 0 Å². The number of H-pyrrole nitrogens is 1. The lowest BCUT2D eigenvalue weighted by molar-refractivity contribution is -0.143. The summed E-state index contributed by atoms with van der Waals surface area (Å²) < 4.78 is 31.7. The summed E-state index contributed by atoms with van der Waals surface area (Å²) in [6, 6.07) is 8.59. The second-order valence-electron chi connectivity index (χ2n) is 8.47. The van der Waals surface area contributed by atoms with E-state index in [1.165, 1.54) is 24.4 Å². The number of nitrogens with one attached hydrogen (secondary N) is 2. The predicted octanol–water partition coefficient (Wildman–Crippen LogP) is 2.19. The number of hydrogen-bond donors (Lipinski definition) is 3. The number of amides is 1. The van der Waals surface area contributed by atoms with Gasteiger partial charge in [0.2, 0.25) is 5.95 Å². The summed E-state index contributed by atoms with van der Waals surface area (Å²) in [7, 11) is 3.02. The number of pyridine rings is 1. The van der Waals surface area contributed by atoms with E-state index < -0.39 is 24.5 Å². The van der Waals surface area contributed by atoms with Crippen LogP contribution in [0.15, 0.2) is 42.7 Å². The van der Waals surface area contributed by atoms with Crippen LogP contribution in [0.2, 0.25) is 0 Å². The average Bonchev–Trinajstić information content (AvgIpc) is 3.60. The third kappa shape index (κ3) is 4.70. The molecule has 3 N–H and O–H groups in total. The molecule has 0 bridgehead atoms. The molecule has 12 nitrogen and oxygen atoms in total. The first-order valence-corrected chi connectivity index (χ1v) is 11.3. The third-order valence-electron chi connectivity index (χ3n) is 5.95. The fraction of sp³-hybridized carbons (Fsp3) is 0.304. The molecule has 1 aliphatic rings. The van der Waals surface area contributed by atoms with Gasteiger partial charge in [0.1, 0.15) is 17.9 Å². The van der Waals surface area contributed by atoms with Gasteiger partial charge in [0.15, 0.2) is 5.60 Å². The van der Waals surface area contributed by atoms with E-state index in [0.717, 1.165) is 4.68 Å². The van der Waals surface area contributed by atoms with Crippen LogP contribution in [0.25, 0.3) is 22.8 Å². The van der Waals surface area contributed by atoms with Crippen molar-refractivity contribution in [1.29, 1.82) is 0 Å². The monoisotopic (exact) mass is 511 g/mol. The van der Waals surface area contributed by atoms with Crippen LogP contribution in [0.1, 0.15) is 12.1 Å². The van der Waals surface area contributed by atoms with Crippen molar-refractivity contribution >= 4 is 17.5 Å². The van der Waals surface area contributed by atoms with Crippen molar-refractivity contribution < 1.29 is 23.4 Å². The number of methoxy groups -OCH3 is 1. The quantitative estimate of drug-likeness (QED) is 0.324. The van der Waals surface area contributed by atoms with Crippen LogP contribution in [0.3, 0.4) is 0 Å². The highest BCUT2D eigenvalue weighted by Crippen LogP contribution is 2.33. The molecule has 1 saturated heterocycles. The van der Waals surface area contributed by atoms with Gasteiger partial charge in [-0.3, -0.25) is 14.6 Å². The van der Waals surface area contributed by atoms with Crippen molar-refractivity contribution in [2.24, 2.45) is 0 Å². The maximum Gasteiger partial charge on any atom is 0.260 e. The minimum Gasteiger partial charge on any atom is -0.478 e. The second-order valence-corrected chi connectivity index (χ2v) is 8.47. The number of ether oxygens (including phenoxy) is 1. The fourth-order valence-electron chi connectivity index (χ4n) is 4.04. The summed E-state index contributed by atoms with van der Waals surface area (Å²) in [5.74, 6) is -0.0856. The molecule has 1 fully saturated rings. The number of rotatable bonds is 8. The van der Waals surface area contributed by atoms with Crippen molar-refractivity contribution in [2.75, 3.05) is 26.0 Å². The largest absolute Gasteiger partial charge is 0.478 e. The molecule has 4 aromatic heterocycles. The Hall–Kier alpha value is -4.46. The highest BCUT2D eigenvalue weighted by atomic mass is 19.3. The van der Waals surface area contributed by atoms with Crippen LogP contribution in [0.5, 0.6) is 5.88 Å². The summed E-state index contributed by atoms with van der Waals surface area (Å²) in [4.78, 5) is 27.2. The lowest BCUT2D eigenvalue weighted by Gasteiger charge is -2.17. The maximum absolute atomic E-state index is 12.7. The first-order valence-electron chi connectivity index (χ1n) is 11.3. The predicted molar refractivity (Wildman–Crippen MR) is 127 cm³/mol. The molecule has 5 rings (SSSR count). The zero-order chi connectivity index (χ0) is 26.2. The Morgan fingerprint density at radius 1 is 1.24 bits per heavy atom. The van der Waals surface area contributed by atoms with Crippen LogP contribution < -0.4 is 10.1 Å². The molecule has 0 aromatic carbocycles. The van der Waals surface area contributed by atoms with E-state index in [1.807, 2.05) is 0 Å². The highest BCUT2D eigenvalue weighted by Gasteiger charge is 2.47. The van der Waals surface area contributed by atoms with Crippen LogP contribution in [0, 0.1) is 0 Å². The number of nitrogens with zero attached hydrogens (tertiary/aromatic N) is 7. The first-order chi connectivity index (χ1) is 17.8. The van der Waals surface area contributed by atoms with E-state index in [-0.39, 0.29) is 23.9 Å². The number of likely N-dealkylation sites (N-methyl/N-ethyl adjacent to an activating group) is 1. The molecule has 0 saturated carbocycles. The molecule has 0 aliphatic carbocycles. The zero-order valence-electron chi connectivity index (χ0n) is 19.9. The molecule has 4 aromatic rings. The number of aromatic nitrogens is 7. The van der Waals surface area contributed by atoms with E-state index in [4.69, 9.17) is 4.74 Å². The van der Waals surface area contributed by atoms with Gasteiger partial charge in [-0.15, -0.1) is 5.10 Å². The average molecular weight is 511 g/mol. The smallest absolute Gasteiger partial charge is 0.260 e. The first kappa shape index (κ1) is 24.2. The number of carbonyl (C=O) groups is 1. The Bertz CT molecular complexity index is 1440. The van der Waals surface area contributed by atoms with Crippen molar-refractivity contribution in [3.05, 3.63) is 48.4 Å². The molecule has 0 spiro atoms. The number of aliphatic hydroxyl groups is 1. The normalized spacial score (nSPS) is 17.6. The Morgan fingerprint density at radius 3 is 2.76 bits per heavy atom. The summed E-state index contributed by atoms with van der Waals surface area (Å²) in [6.45, 7) is -0.137. The van der Waals surface area contributed by atoms with Gasteiger partial charge in [-0.25, -0.2) is 23.7 Å². The Morgan fingerprint density at radius 2 is 2.03 bits per heavy atom. The van der Waals surface area contributed by atoms with E-state index >= 15 is 0 Å². The zero-order valence-corrected chi connectivity index (χ0v) is 19.9. The van der Waals surface area contributed by atoms with Gasteiger partial charge in [0, 0.05) is 26.2 Å². The number of anilines is 2. The molecule has 1 atom stereocenters. The molecule has 1 aliphatic heterocycles. The fourth-order valence-corrected chi connectivity index (χ4v) is 4.04. The van der Waals surface area contributed by atoms with Gasteiger partial charge in [0.25, 0.3) is 18.2 Å². The van der Waals surface area contributed by atoms with E-state index in [0.29, 0.717) is 35.0 Å². The van der Waals surface area contributed by atoms with Crippen molar-refractivity contribution in [3.8, 4) is 28.7 Å². The molecule has 1 amide bonds. The summed E-state index contributed by atoms with van der Waals surface area (Å²) in [5, 5.41) is 24.8. The number of halogens is 2. The number of alkyl halides is 2. The van der Waals surface area contributed by atoms with Gasteiger partial charge in [0.05, 0.1) is 36.1 Å². The van der Waals surface area contributed by atoms with Crippen LogP contribution in [-0.4, -0.2) is 78.0 Å². The van der Waals surface area contributed by atoms with Crippen LogP contribution in [-0.2, 0) is 16.9 Å². The number of aromatic amines is 1. The summed E-state index contributed by atoms with van der Waals surface area (Å²) in [6.07, 6.45) is 0.601. The van der Waals surface area contributed by atoms with E-state index in [9.17, 15) is 18.7 Å². The molecule has 14 heteroatoms. The van der Waals surface area contributed by atoms with Crippen molar-refractivity contribution in [1.82, 2.24) is 39.8 Å². The van der Waals surface area contributed by atoms with Crippen LogP contribution in [0.4, 0.5) is 20.4 Å². The van der Waals surface area contributed by atoms with Crippen LogP contribution >= 0.6 is 0 Å². The van der Waals surface area contributed by atoms with Gasteiger partial charge in [-0.1, -0.05) is 6.07 Å². The molecular weight excluding hydrogens is 488 g/mol. The molecule has 5 heterocycles.